The van der Waals surface area contributed by atoms with E-state index in [-0.39, 0.29) is 30.8 Å². The highest BCUT2D eigenvalue weighted by molar-refractivity contribution is 7.10. The quantitative estimate of drug-likeness (QED) is 0.562. The lowest BCUT2D eigenvalue weighted by Gasteiger charge is -2.31. The molecule has 1 unspecified atom stereocenters. The average Bonchev–Trinajstić information content (AvgIpc) is 3.49. The van der Waals surface area contributed by atoms with Crippen LogP contribution in [0.4, 0.5) is 0 Å². The maximum Gasteiger partial charge on any atom is 0.247 e. The molecule has 1 atom stereocenters. The zero-order valence-corrected chi connectivity index (χ0v) is 17.7. The molecule has 1 fully saturated rings. The van der Waals surface area contributed by atoms with E-state index in [2.05, 4.69) is 5.32 Å². The summed E-state index contributed by atoms with van der Waals surface area (Å²) in [7, 11) is 0. The van der Waals surface area contributed by atoms with Crippen LogP contribution in [-0.4, -0.2) is 22.8 Å². The third-order valence-corrected chi connectivity index (χ3v) is 6.83. The zero-order chi connectivity index (χ0) is 20.1. The number of amides is 2. The molecule has 5 nitrogen and oxygen atoms in total. The number of nitrogens with zero attached hydrogens (tertiary/aromatic N) is 1. The smallest absolute Gasteiger partial charge is 0.247 e. The molecular formula is C22H24N2O3S2. The zero-order valence-electron chi connectivity index (χ0n) is 16.1. The molecule has 1 aliphatic rings. The summed E-state index contributed by atoms with van der Waals surface area (Å²) in [6.07, 6.45) is 6.15. The van der Waals surface area contributed by atoms with E-state index in [0.29, 0.717) is 5.76 Å². The second kappa shape index (κ2) is 9.41. The van der Waals surface area contributed by atoms with Crippen LogP contribution in [0.3, 0.4) is 0 Å². The van der Waals surface area contributed by atoms with Crippen LogP contribution in [0.5, 0.6) is 0 Å². The minimum atomic E-state index is -0.667. The predicted octanol–water partition coefficient (Wildman–Crippen LogP) is 4.77. The fourth-order valence-corrected chi connectivity index (χ4v) is 5.19. The van der Waals surface area contributed by atoms with Crippen LogP contribution in [0, 0.1) is 0 Å². The van der Waals surface area contributed by atoms with Crippen LogP contribution < -0.4 is 5.32 Å². The summed E-state index contributed by atoms with van der Waals surface area (Å²) in [6, 6.07) is 8.98. The van der Waals surface area contributed by atoms with Gasteiger partial charge < -0.3 is 14.6 Å². The first-order valence-corrected chi connectivity index (χ1v) is 11.7. The molecule has 0 bridgehead atoms. The van der Waals surface area contributed by atoms with Crippen molar-refractivity contribution < 1.29 is 14.0 Å². The number of carbonyl (C=O) groups is 2. The number of hydrogen-bond donors (Lipinski definition) is 1. The molecule has 29 heavy (non-hydrogen) atoms. The highest BCUT2D eigenvalue weighted by Gasteiger charge is 2.34. The normalized spacial score (nSPS) is 15.3. The van der Waals surface area contributed by atoms with Crippen LogP contribution >= 0.6 is 22.7 Å². The van der Waals surface area contributed by atoms with Crippen LogP contribution in [0.15, 0.2) is 57.2 Å². The minimum Gasteiger partial charge on any atom is -0.467 e. The van der Waals surface area contributed by atoms with Crippen LogP contribution in [0.2, 0.25) is 0 Å². The van der Waals surface area contributed by atoms with Gasteiger partial charge in [-0.05, 0) is 58.8 Å². The molecule has 2 amide bonds. The van der Waals surface area contributed by atoms with Gasteiger partial charge in [0.2, 0.25) is 11.8 Å². The minimum absolute atomic E-state index is 0.0818. The molecule has 0 aliphatic heterocycles. The van der Waals surface area contributed by atoms with E-state index < -0.39 is 6.04 Å². The van der Waals surface area contributed by atoms with Crippen molar-refractivity contribution in [2.75, 3.05) is 0 Å². The summed E-state index contributed by atoms with van der Waals surface area (Å²) >= 11 is 3.08. The van der Waals surface area contributed by atoms with Crippen molar-refractivity contribution in [1.29, 1.82) is 0 Å². The molecule has 0 radical (unpaired) electrons. The monoisotopic (exact) mass is 428 g/mol. The topological polar surface area (TPSA) is 62.6 Å². The van der Waals surface area contributed by atoms with Gasteiger partial charge in [0.25, 0.3) is 0 Å². The number of nitrogens with one attached hydrogen (secondary N) is 1. The van der Waals surface area contributed by atoms with Crippen LogP contribution in [0.1, 0.15) is 47.9 Å². The van der Waals surface area contributed by atoms with Gasteiger partial charge >= 0.3 is 0 Å². The summed E-state index contributed by atoms with van der Waals surface area (Å²) in [6.45, 7) is 0.260. The van der Waals surface area contributed by atoms with Crippen molar-refractivity contribution in [3.05, 3.63) is 68.9 Å². The van der Waals surface area contributed by atoms with Crippen molar-refractivity contribution in [2.45, 2.75) is 50.7 Å². The third-order valence-electron chi connectivity index (χ3n) is 5.25. The first kappa shape index (κ1) is 19.9. The molecule has 4 rings (SSSR count). The van der Waals surface area contributed by atoms with Gasteiger partial charge in [0.1, 0.15) is 11.8 Å². The summed E-state index contributed by atoms with van der Waals surface area (Å²) < 4.78 is 5.51. The predicted molar refractivity (Wildman–Crippen MR) is 115 cm³/mol. The fraction of sp³-hybridized carbons (Fsp3) is 0.364. The highest BCUT2D eigenvalue weighted by atomic mass is 32.1. The molecule has 3 heterocycles. The number of hydrogen-bond acceptors (Lipinski definition) is 5. The van der Waals surface area contributed by atoms with Gasteiger partial charge in [-0.3, -0.25) is 9.59 Å². The van der Waals surface area contributed by atoms with Crippen molar-refractivity contribution in [1.82, 2.24) is 10.2 Å². The number of carbonyl (C=O) groups excluding carboxylic acids is 2. The van der Waals surface area contributed by atoms with E-state index in [1.807, 2.05) is 40.4 Å². The van der Waals surface area contributed by atoms with Crippen molar-refractivity contribution in [3.8, 4) is 0 Å². The third kappa shape index (κ3) is 4.97. The van der Waals surface area contributed by atoms with E-state index in [1.54, 1.807) is 28.6 Å². The average molecular weight is 429 g/mol. The summed E-state index contributed by atoms with van der Waals surface area (Å²) in [4.78, 5) is 29.3. The Hall–Kier alpha value is -2.38. The maximum absolute atomic E-state index is 13.3. The van der Waals surface area contributed by atoms with Crippen molar-refractivity contribution >= 4 is 34.5 Å². The van der Waals surface area contributed by atoms with Crippen molar-refractivity contribution in [2.24, 2.45) is 0 Å². The maximum atomic E-state index is 13.3. The van der Waals surface area contributed by atoms with Gasteiger partial charge in [-0.25, -0.2) is 0 Å². The van der Waals surface area contributed by atoms with Crippen LogP contribution in [0.25, 0.3) is 0 Å². The first-order chi connectivity index (χ1) is 14.2. The molecule has 1 saturated carbocycles. The Labute approximate surface area is 178 Å². The Morgan fingerprint density at radius 3 is 2.69 bits per heavy atom. The summed E-state index contributed by atoms with van der Waals surface area (Å²) in [5.41, 5.74) is 0.844. The van der Waals surface area contributed by atoms with Gasteiger partial charge in [-0.15, -0.1) is 11.3 Å². The Kier molecular flexibility index (Phi) is 6.46. The molecule has 1 aliphatic carbocycles. The SMILES string of the molecule is O=C(NC1CCCC1)C(c1ccsc1)N(Cc1ccco1)C(=O)Cc1cccs1. The molecule has 0 saturated heterocycles. The Morgan fingerprint density at radius 1 is 1.17 bits per heavy atom. The van der Waals surface area contributed by atoms with E-state index in [0.717, 1.165) is 36.1 Å². The molecule has 7 heteroatoms. The summed E-state index contributed by atoms with van der Waals surface area (Å²) in [5, 5.41) is 9.04. The van der Waals surface area contributed by atoms with Gasteiger partial charge in [0, 0.05) is 10.9 Å². The number of furan rings is 1. The largest absolute Gasteiger partial charge is 0.467 e. The number of thiophene rings is 2. The lowest BCUT2D eigenvalue weighted by molar-refractivity contribution is -0.141. The molecule has 0 aromatic carbocycles. The Balaban J connectivity index is 1.62. The molecular weight excluding hydrogens is 404 g/mol. The van der Waals surface area contributed by atoms with Crippen LogP contribution in [-0.2, 0) is 22.6 Å². The molecule has 3 aromatic rings. The number of rotatable bonds is 8. The second-order valence-electron chi connectivity index (χ2n) is 7.31. The lowest BCUT2D eigenvalue weighted by atomic mass is 10.1. The molecule has 0 spiro atoms. The first-order valence-electron chi connectivity index (χ1n) is 9.87. The van der Waals surface area contributed by atoms with Gasteiger partial charge in [-0.2, -0.15) is 11.3 Å². The Bertz CT molecular complexity index is 898. The lowest BCUT2D eigenvalue weighted by Crippen LogP contribution is -2.46. The standard InChI is InChI=1S/C22H24N2O3S2/c25-20(13-19-8-4-11-29-19)24(14-18-7-3-10-27-18)21(16-9-12-28-15-16)22(26)23-17-5-1-2-6-17/h3-4,7-12,15,17,21H,1-2,5-6,13-14H2,(H,23,26). The van der Waals surface area contributed by atoms with E-state index in [9.17, 15) is 9.59 Å². The Morgan fingerprint density at radius 2 is 2.03 bits per heavy atom. The molecule has 152 valence electrons. The fourth-order valence-electron chi connectivity index (χ4n) is 3.81. The van der Waals surface area contributed by atoms with Gasteiger partial charge in [0.05, 0.1) is 19.2 Å². The molecule has 3 aromatic heterocycles. The summed E-state index contributed by atoms with van der Waals surface area (Å²) in [5.74, 6) is 0.474. The molecule has 1 N–H and O–H groups in total. The van der Waals surface area contributed by atoms with Crippen molar-refractivity contribution in [3.63, 3.8) is 0 Å². The second-order valence-corrected chi connectivity index (χ2v) is 9.12. The van der Waals surface area contributed by atoms with E-state index in [1.165, 1.54) is 11.3 Å². The van der Waals surface area contributed by atoms with E-state index in [4.69, 9.17) is 4.42 Å². The van der Waals surface area contributed by atoms with Gasteiger partial charge in [-0.1, -0.05) is 18.9 Å². The van der Waals surface area contributed by atoms with Gasteiger partial charge in [0.15, 0.2) is 0 Å². The highest BCUT2D eigenvalue weighted by Crippen LogP contribution is 2.28. The van der Waals surface area contributed by atoms with E-state index >= 15 is 0 Å².